The van der Waals surface area contributed by atoms with E-state index in [0.717, 1.165) is 75.8 Å². The Morgan fingerprint density at radius 2 is 1.85 bits per heavy atom. The van der Waals surface area contributed by atoms with Crippen molar-refractivity contribution in [3.05, 3.63) is 31.9 Å². The van der Waals surface area contributed by atoms with E-state index in [2.05, 4.69) is 24.8 Å². The molecule has 1 amide bonds. The number of pyridine rings is 1. The number of piperidine rings is 1. The first-order valence-corrected chi connectivity index (χ1v) is 13.8. The van der Waals surface area contributed by atoms with Crippen molar-refractivity contribution in [2.45, 2.75) is 84.7 Å². The van der Waals surface area contributed by atoms with Crippen LogP contribution in [-0.2, 0) is 11.3 Å². The zero-order valence-corrected chi connectivity index (χ0v) is 22.1. The van der Waals surface area contributed by atoms with Crippen molar-refractivity contribution >= 4 is 46.1 Å². The molecule has 1 aromatic rings. The number of carbonyl (C=O) groups is 1. The Morgan fingerprint density at radius 3 is 2.47 bits per heavy atom. The predicted octanol–water partition coefficient (Wildman–Crippen LogP) is 5.21. The Hall–Kier alpha value is -2.11. The number of amides is 1. The molecular formula is C26H34N4O2S2. The van der Waals surface area contributed by atoms with E-state index in [0.29, 0.717) is 27.3 Å². The summed E-state index contributed by atoms with van der Waals surface area (Å²) in [7, 11) is 0. The number of hydrogen-bond donors (Lipinski definition) is 0. The van der Waals surface area contributed by atoms with Crippen LogP contribution in [0.25, 0.3) is 6.08 Å². The van der Waals surface area contributed by atoms with Crippen molar-refractivity contribution in [2.75, 3.05) is 18.0 Å². The molecule has 0 aromatic carbocycles. The lowest BCUT2D eigenvalue weighted by atomic mass is 9.97. The van der Waals surface area contributed by atoms with Crippen LogP contribution in [0.2, 0.25) is 0 Å². The summed E-state index contributed by atoms with van der Waals surface area (Å²) in [5.74, 6) is 1.47. The van der Waals surface area contributed by atoms with E-state index in [1.54, 1.807) is 9.47 Å². The van der Waals surface area contributed by atoms with E-state index in [4.69, 9.17) is 12.2 Å². The normalized spacial score (nSPS) is 21.2. The number of anilines is 1. The van der Waals surface area contributed by atoms with Crippen LogP contribution in [0.15, 0.2) is 9.70 Å². The molecule has 34 heavy (non-hydrogen) atoms. The molecule has 8 heteroatoms. The van der Waals surface area contributed by atoms with Gasteiger partial charge in [-0.25, -0.2) is 0 Å². The number of thiocarbonyl (C=S) groups is 1. The summed E-state index contributed by atoms with van der Waals surface area (Å²) in [5, 5.41) is 9.85. The largest absolute Gasteiger partial charge is 0.357 e. The van der Waals surface area contributed by atoms with Crippen LogP contribution in [0.5, 0.6) is 0 Å². The molecule has 2 saturated heterocycles. The fraction of sp³-hybridized carbons (Fsp3) is 0.615. The van der Waals surface area contributed by atoms with Gasteiger partial charge in [-0.05, 0) is 56.6 Å². The third-order valence-corrected chi connectivity index (χ3v) is 8.78. The number of carbonyl (C=O) groups excluding carboxylic acids is 1. The van der Waals surface area contributed by atoms with Crippen LogP contribution in [0.1, 0.15) is 81.9 Å². The Labute approximate surface area is 212 Å². The Kier molecular flexibility index (Phi) is 7.83. The first-order valence-electron chi connectivity index (χ1n) is 12.6. The summed E-state index contributed by atoms with van der Waals surface area (Å²) in [6.45, 7) is 8.49. The first-order chi connectivity index (χ1) is 16.4. The number of unbranched alkanes of at least 4 members (excludes halogenated alkanes) is 1. The quantitative estimate of drug-likeness (QED) is 0.396. The molecule has 182 valence electrons. The summed E-state index contributed by atoms with van der Waals surface area (Å²) in [6, 6.07) is 2.34. The standard InChI is InChI=1S/C26H34N4O2S2/c1-4-5-12-29-23(28-13-10-17(2)11-14-28)20(18(3)21(16-27)24(29)31)15-22-25(32)30(26(33)34-22)19-8-6-7-9-19/h15,17,19H,4-14H2,1-3H3/b22-15+. The molecule has 0 radical (unpaired) electrons. The van der Waals surface area contributed by atoms with Gasteiger partial charge in [-0.2, -0.15) is 5.26 Å². The Bertz CT molecular complexity index is 1100. The highest BCUT2D eigenvalue weighted by molar-refractivity contribution is 8.26. The molecule has 1 saturated carbocycles. The molecule has 2 aliphatic heterocycles. The minimum absolute atomic E-state index is 0.0377. The molecule has 3 heterocycles. The molecule has 0 unspecified atom stereocenters. The van der Waals surface area contributed by atoms with Gasteiger partial charge in [0, 0.05) is 31.2 Å². The van der Waals surface area contributed by atoms with Crippen molar-refractivity contribution in [1.29, 1.82) is 5.26 Å². The van der Waals surface area contributed by atoms with Crippen molar-refractivity contribution in [3.63, 3.8) is 0 Å². The Morgan fingerprint density at radius 1 is 1.18 bits per heavy atom. The van der Waals surface area contributed by atoms with Gasteiger partial charge in [0.25, 0.3) is 11.5 Å². The average Bonchev–Trinajstić information content (AvgIpc) is 3.43. The van der Waals surface area contributed by atoms with Gasteiger partial charge in [0.2, 0.25) is 0 Å². The number of nitriles is 1. The highest BCUT2D eigenvalue weighted by Crippen LogP contribution is 2.40. The van der Waals surface area contributed by atoms with Crippen LogP contribution in [0, 0.1) is 24.2 Å². The van der Waals surface area contributed by atoms with Crippen LogP contribution in [0.4, 0.5) is 5.82 Å². The molecule has 4 rings (SSSR count). The summed E-state index contributed by atoms with van der Waals surface area (Å²) >= 11 is 6.96. The second kappa shape index (κ2) is 10.7. The molecule has 3 aliphatic rings. The third-order valence-electron chi connectivity index (χ3n) is 7.45. The van der Waals surface area contributed by atoms with E-state index in [1.807, 2.05) is 13.0 Å². The van der Waals surface area contributed by atoms with E-state index in [9.17, 15) is 14.9 Å². The number of aromatic nitrogens is 1. The second-order valence-electron chi connectivity index (χ2n) is 9.82. The SMILES string of the molecule is CCCCn1c(N2CCC(C)CC2)c(/C=C2/SC(=S)N(C3CCCC3)C2=O)c(C)c(C#N)c1=O. The molecule has 3 fully saturated rings. The van der Waals surface area contributed by atoms with E-state index in [-0.39, 0.29) is 23.1 Å². The number of nitrogens with zero attached hydrogens (tertiary/aromatic N) is 4. The molecule has 0 bridgehead atoms. The summed E-state index contributed by atoms with van der Waals surface area (Å²) in [5.41, 5.74) is 1.41. The van der Waals surface area contributed by atoms with Crippen LogP contribution < -0.4 is 10.5 Å². The van der Waals surface area contributed by atoms with Crippen molar-refractivity contribution in [3.8, 4) is 6.07 Å². The summed E-state index contributed by atoms with van der Waals surface area (Å²) in [6.07, 6.45) is 10.1. The number of rotatable bonds is 6. The summed E-state index contributed by atoms with van der Waals surface area (Å²) < 4.78 is 2.41. The topological polar surface area (TPSA) is 69.3 Å². The van der Waals surface area contributed by atoms with Gasteiger partial charge in [0.1, 0.15) is 21.8 Å². The fourth-order valence-corrected chi connectivity index (χ4v) is 6.70. The average molecular weight is 499 g/mol. The van der Waals surface area contributed by atoms with Gasteiger partial charge in [0.15, 0.2) is 0 Å². The number of hydrogen-bond acceptors (Lipinski definition) is 6. The van der Waals surface area contributed by atoms with E-state index in [1.165, 1.54) is 11.8 Å². The molecular weight excluding hydrogens is 464 g/mol. The maximum Gasteiger partial charge on any atom is 0.270 e. The molecule has 0 atom stereocenters. The lowest BCUT2D eigenvalue weighted by molar-refractivity contribution is -0.123. The minimum atomic E-state index is -0.224. The van der Waals surface area contributed by atoms with Gasteiger partial charge >= 0.3 is 0 Å². The molecule has 6 nitrogen and oxygen atoms in total. The first kappa shape index (κ1) is 25.0. The van der Waals surface area contributed by atoms with Crippen molar-refractivity contribution < 1.29 is 4.79 Å². The van der Waals surface area contributed by atoms with Gasteiger partial charge < -0.3 is 4.90 Å². The lowest BCUT2D eigenvalue weighted by Crippen LogP contribution is -2.39. The highest BCUT2D eigenvalue weighted by atomic mass is 32.2. The summed E-state index contributed by atoms with van der Waals surface area (Å²) in [4.78, 5) is 31.5. The molecule has 1 aliphatic carbocycles. The van der Waals surface area contributed by atoms with Gasteiger partial charge in [0.05, 0.1) is 4.91 Å². The van der Waals surface area contributed by atoms with Crippen LogP contribution in [0.3, 0.4) is 0 Å². The lowest BCUT2D eigenvalue weighted by Gasteiger charge is -2.35. The maximum absolute atomic E-state index is 13.4. The molecule has 1 aromatic heterocycles. The monoisotopic (exact) mass is 498 g/mol. The van der Waals surface area contributed by atoms with E-state index >= 15 is 0 Å². The van der Waals surface area contributed by atoms with Crippen molar-refractivity contribution in [2.24, 2.45) is 5.92 Å². The van der Waals surface area contributed by atoms with Gasteiger partial charge in [-0.3, -0.25) is 19.1 Å². The van der Waals surface area contributed by atoms with E-state index < -0.39 is 0 Å². The fourth-order valence-electron chi connectivity index (χ4n) is 5.32. The van der Waals surface area contributed by atoms with Crippen LogP contribution >= 0.6 is 24.0 Å². The van der Waals surface area contributed by atoms with Crippen molar-refractivity contribution in [1.82, 2.24) is 9.47 Å². The second-order valence-corrected chi connectivity index (χ2v) is 11.5. The predicted molar refractivity (Wildman–Crippen MR) is 143 cm³/mol. The maximum atomic E-state index is 13.4. The minimum Gasteiger partial charge on any atom is -0.357 e. The van der Waals surface area contributed by atoms with Crippen LogP contribution in [-0.4, -0.2) is 38.8 Å². The smallest absolute Gasteiger partial charge is 0.270 e. The zero-order valence-electron chi connectivity index (χ0n) is 20.4. The van der Waals surface area contributed by atoms with Gasteiger partial charge in [-0.15, -0.1) is 0 Å². The molecule has 0 spiro atoms. The molecule has 0 N–H and O–H groups in total. The highest BCUT2D eigenvalue weighted by Gasteiger charge is 2.38. The zero-order chi connectivity index (χ0) is 24.4. The number of thioether (sulfide) groups is 1. The van der Waals surface area contributed by atoms with Gasteiger partial charge in [-0.1, -0.05) is 57.1 Å². The Balaban J connectivity index is 1.85. The third kappa shape index (κ3) is 4.70.